The topological polar surface area (TPSA) is 41.6 Å². The van der Waals surface area contributed by atoms with E-state index in [2.05, 4.69) is 31.1 Å². The number of hydrogen-bond donors (Lipinski definition) is 1. The molecule has 0 saturated carbocycles. The normalized spacial score (nSPS) is 10.8. The van der Waals surface area contributed by atoms with Crippen molar-refractivity contribution in [3.8, 4) is 22.1 Å². The van der Waals surface area contributed by atoms with Gasteiger partial charge >= 0.3 is 0 Å². The van der Waals surface area contributed by atoms with Crippen LogP contribution in [0.1, 0.15) is 0 Å². The predicted octanol–water partition coefficient (Wildman–Crippen LogP) is 4.62. The standard InChI is InChI=1S/C12H7BrClN3S/c13-9-4-3-7(14)6-8(9)11-15-12(17-16-11)10-2-1-5-18-10/h1-6H,(H,15,16,17). The molecular weight excluding hydrogens is 334 g/mol. The van der Waals surface area contributed by atoms with Crippen LogP contribution in [0.5, 0.6) is 0 Å². The Hall–Kier alpha value is -1.17. The summed E-state index contributed by atoms with van der Waals surface area (Å²) in [5.74, 6) is 1.40. The molecule has 0 bridgehead atoms. The fourth-order valence-electron chi connectivity index (χ4n) is 1.57. The Balaban J connectivity index is 2.05. The fraction of sp³-hybridized carbons (Fsp3) is 0. The minimum atomic E-state index is 0.632. The maximum atomic E-state index is 5.99. The van der Waals surface area contributed by atoms with E-state index >= 15 is 0 Å². The van der Waals surface area contributed by atoms with Crippen molar-refractivity contribution in [3.05, 3.63) is 45.2 Å². The third-order valence-corrected chi connectivity index (χ3v) is 4.21. The molecule has 2 heterocycles. The summed E-state index contributed by atoms with van der Waals surface area (Å²) in [7, 11) is 0. The summed E-state index contributed by atoms with van der Waals surface area (Å²) in [5, 5.41) is 9.83. The zero-order chi connectivity index (χ0) is 12.5. The van der Waals surface area contributed by atoms with Crippen molar-refractivity contribution >= 4 is 38.9 Å². The second-order valence-electron chi connectivity index (χ2n) is 3.61. The largest absolute Gasteiger partial charge is 0.258 e. The maximum Gasteiger partial charge on any atom is 0.182 e. The van der Waals surface area contributed by atoms with Gasteiger partial charge in [-0.2, -0.15) is 5.10 Å². The molecule has 6 heteroatoms. The second-order valence-corrected chi connectivity index (χ2v) is 5.85. The van der Waals surface area contributed by atoms with E-state index in [0.717, 1.165) is 20.7 Å². The SMILES string of the molecule is Clc1ccc(Br)c(-c2n[nH]c(-c3cccs3)n2)c1. The monoisotopic (exact) mass is 339 g/mol. The summed E-state index contributed by atoms with van der Waals surface area (Å²) < 4.78 is 0.920. The van der Waals surface area contributed by atoms with Crippen molar-refractivity contribution in [2.24, 2.45) is 0 Å². The smallest absolute Gasteiger partial charge is 0.182 e. The Morgan fingerprint density at radius 3 is 2.94 bits per heavy atom. The van der Waals surface area contributed by atoms with Gasteiger partial charge in [0.15, 0.2) is 11.6 Å². The lowest BCUT2D eigenvalue weighted by Crippen LogP contribution is -1.82. The molecule has 3 rings (SSSR count). The van der Waals surface area contributed by atoms with Crippen LogP contribution >= 0.6 is 38.9 Å². The Labute approximate surface area is 121 Å². The van der Waals surface area contributed by atoms with Gasteiger partial charge in [-0.25, -0.2) is 4.98 Å². The van der Waals surface area contributed by atoms with Crippen LogP contribution in [-0.4, -0.2) is 15.2 Å². The van der Waals surface area contributed by atoms with E-state index in [1.54, 1.807) is 11.3 Å². The highest BCUT2D eigenvalue weighted by atomic mass is 79.9. The molecule has 0 atom stereocenters. The number of hydrogen-bond acceptors (Lipinski definition) is 3. The number of benzene rings is 1. The zero-order valence-electron chi connectivity index (χ0n) is 9.02. The number of halogens is 2. The first kappa shape index (κ1) is 11.9. The van der Waals surface area contributed by atoms with Gasteiger partial charge in [0.05, 0.1) is 4.88 Å². The Kier molecular flexibility index (Phi) is 3.20. The fourth-order valence-corrected chi connectivity index (χ4v) is 2.83. The lowest BCUT2D eigenvalue weighted by molar-refractivity contribution is 1.10. The van der Waals surface area contributed by atoms with Gasteiger partial charge < -0.3 is 0 Å². The molecular formula is C12H7BrClN3S. The first-order chi connectivity index (χ1) is 8.74. The van der Waals surface area contributed by atoms with Crippen LogP contribution in [-0.2, 0) is 0 Å². The number of aromatic nitrogens is 3. The minimum Gasteiger partial charge on any atom is -0.258 e. The summed E-state index contributed by atoms with van der Waals surface area (Å²) >= 11 is 11.1. The number of nitrogens with zero attached hydrogens (tertiary/aromatic N) is 2. The van der Waals surface area contributed by atoms with Crippen molar-refractivity contribution in [2.45, 2.75) is 0 Å². The first-order valence-corrected chi connectivity index (χ1v) is 7.21. The molecule has 0 spiro atoms. The molecule has 0 unspecified atom stereocenters. The van der Waals surface area contributed by atoms with Gasteiger partial charge in [0.1, 0.15) is 0 Å². The molecule has 3 aromatic rings. The molecule has 0 aliphatic heterocycles. The number of nitrogens with one attached hydrogen (secondary N) is 1. The van der Waals surface area contributed by atoms with Crippen molar-refractivity contribution < 1.29 is 0 Å². The van der Waals surface area contributed by atoms with Gasteiger partial charge in [0, 0.05) is 15.1 Å². The molecule has 3 nitrogen and oxygen atoms in total. The molecule has 0 fully saturated rings. The molecule has 1 N–H and O–H groups in total. The summed E-state index contributed by atoms with van der Waals surface area (Å²) in [4.78, 5) is 5.54. The molecule has 0 aliphatic carbocycles. The summed E-state index contributed by atoms with van der Waals surface area (Å²) in [6.07, 6.45) is 0. The van der Waals surface area contributed by atoms with E-state index in [-0.39, 0.29) is 0 Å². The molecule has 0 saturated heterocycles. The van der Waals surface area contributed by atoms with E-state index in [4.69, 9.17) is 11.6 Å². The number of rotatable bonds is 2. The van der Waals surface area contributed by atoms with Crippen molar-refractivity contribution in [1.82, 2.24) is 15.2 Å². The van der Waals surface area contributed by atoms with Crippen LogP contribution < -0.4 is 0 Å². The Bertz CT molecular complexity index is 678. The minimum absolute atomic E-state index is 0.632. The zero-order valence-corrected chi connectivity index (χ0v) is 12.2. The van der Waals surface area contributed by atoms with Gasteiger partial charge in [-0.05, 0) is 29.6 Å². The van der Waals surface area contributed by atoms with Crippen LogP contribution in [0.15, 0.2) is 40.2 Å². The summed E-state index contributed by atoms with van der Waals surface area (Å²) in [6, 6.07) is 9.54. The Morgan fingerprint density at radius 1 is 1.28 bits per heavy atom. The molecule has 1 aromatic carbocycles. The third kappa shape index (κ3) is 2.21. The Morgan fingerprint density at radius 2 is 2.17 bits per heavy atom. The number of thiophene rings is 1. The summed E-state index contributed by atoms with van der Waals surface area (Å²) in [5.41, 5.74) is 0.876. The van der Waals surface area contributed by atoms with Crippen molar-refractivity contribution in [2.75, 3.05) is 0 Å². The lowest BCUT2D eigenvalue weighted by atomic mass is 10.2. The summed E-state index contributed by atoms with van der Waals surface area (Å²) in [6.45, 7) is 0. The second kappa shape index (κ2) is 4.84. The number of aromatic amines is 1. The van der Waals surface area contributed by atoms with Crippen LogP contribution in [0, 0.1) is 0 Å². The van der Waals surface area contributed by atoms with Crippen LogP contribution in [0.4, 0.5) is 0 Å². The van der Waals surface area contributed by atoms with E-state index in [0.29, 0.717) is 10.8 Å². The average Bonchev–Trinajstić information content (AvgIpc) is 3.00. The molecule has 2 aromatic heterocycles. The van der Waals surface area contributed by atoms with Gasteiger partial charge in [-0.1, -0.05) is 33.6 Å². The number of H-pyrrole nitrogens is 1. The van der Waals surface area contributed by atoms with Crippen LogP contribution in [0.25, 0.3) is 22.1 Å². The molecule has 0 aliphatic rings. The van der Waals surface area contributed by atoms with E-state index < -0.39 is 0 Å². The highest BCUT2D eigenvalue weighted by Gasteiger charge is 2.11. The van der Waals surface area contributed by atoms with E-state index in [1.165, 1.54) is 0 Å². The van der Waals surface area contributed by atoms with Gasteiger partial charge in [0.25, 0.3) is 0 Å². The van der Waals surface area contributed by atoms with Gasteiger partial charge in [0.2, 0.25) is 0 Å². The third-order valence-electron chi connectivity index (χ3n) is 2.41. The highest BCUT2D eigenvalue weighted by Crippen LogP contribution is 2.30. The average molecular weight is 341 g/mol. The predicted molar refractivity (Wildman–Crippen MR) is 77.8 cm³/mol. The molecule has 0 radical (unpaired) electrons. The first-order valence-electron chi connectivity index (χ1n) is 5.16. The van der Waals surface area contributed by atoms with Gasteiger partial charge in [-0.3, -0.25) is 5.10 Å². The van der Waals surface area contributed by atoms with Gasteiger partial charge in [-0.15, -0.1) is 11.3 Å². The van der Waals surface area contributed by atoms with Crippen LogP contribution in [0.3, 0.4) is 0 Å². The maximum absolute atomic E-state index is 5.99. The quantitative estimate of drug-likeness (QED) is 0.740. The molecule has 0 amide bonds. The van der Waals surface area contributed by atoms with Crippen LogP contribution in [0.2, 0.25) is 5.02 Å². The van der Waals surface area contributed by atoms with Crippen molar-refractivity contribution in [1.29, 1.82) is 0 Å². The lowest BCUT2D eigenvalue weighted by Gasteiger charge is -1.99. The van der Waals surface area contributed by atoms with Crippen molar-refractivity contribution in [3.63, 3.8) is 0 Å². The van der Waals surface area contributed by atoms with E-state index in [1.807, 2.05) is 35.7 Å². The highest BCUT2D eigenvalue weighted by molar-refractivity contribution is 9.10. The molecule has 18 heavy (non-hydrogen) atoms. The van der Waals surface area contributed by atoms with E-state index in [9.17, 15) is 0 Å². The molecule has 90 valence electrons.